The van der Waals surface area contributed by atoms with Crippen LogP contribution in [0.15, 0.2) is 46.3 Å². The largest absolute Gasteiger partial charge is 0.383 e. The van der Waals surface area contributed by atoms with Gasteiger partial charge >= 0.3 is 0 Å². The maximum Gasteiger partial charge on any atom is 0.142 e. The first-order valence-corrected chi connectivity index (χ1v) is 8.80. The van der Waals surface area contributed by atoms with E-state index in [9.17, 15) is 5.26 Å². The fourth-order valence-corrected chi connectivity index (χ4v) is 4.12. The molecule has 0 bridgehead atoms. The van der Waals surface area contributed by atoms with Gasteiger partial charge in [0.2, 0.25) is 0 Å². The first-order valence-electron chi connectivity index (χ1n) is 7.19. The van der Waals surface area contributed by atoms with E-state index in [-0.39, 0.29) is 5.82 Å². The van der Waals surface area contributed by atoms with Gasteiger partial charge < -0.3 is 5.73 Å². The third kappa shape index (κ3) is 2.88. The summed E-state index contributed by atoms with van der Waals surface area (Å²) in [5.41, 5.74) is 10.4. The number of hydrogen-bond acceptors (Lipinski definition) is 4. The summed E-state index contributed by atoms with van der Waals surface area (Å²) in [6.07, 6.45) is 0.775. The monoisotopic (exact) mass is 383 g/mol. The molecule has 0 radical (unpaired) electrons. The van der Waals surface area contributed by atoms with Crippen LogP contribution in [0.2, 0.25) is 0 Å². The molecule has 0 fully saturated rings. The zero-order valence-electron chi connectivity index (χ0n) is 12.5. The topological polar surface area (TPSA) is 62.7 Å². The van der Waals surface area contributed by atoms with E-state index in [1.54, 1.807) is 11.3 Å². The predicted octanol–water partition coefficient (Wildman–Crippen LogP) is 5.26. The lowest BCUT2D eigenvalue weighted by molar-refractivity contribution is 1.11. The van der Waals surface area contributed by atoms with Gasteiger partial charge in [0.15, 0.2) is 0 Å². The van der Waals surface area contributed by atoms with Crippen LogP contribution in [0.3, 0.4) is 0 Å². The van der Waals surface area contributed by atoms with Gasteiger partial charge in [-0.05, 0) is 40.0 Å². The summed E-state index contributed by atoms with van der Waals surface area (Å²) < 4.78 is 1.02. The maximum atomic E-state index is 9.57. The molecule has 3 rings (SSSR count). The number of thiophene rings is 1. The second-order valence-corrected chi connectivity index (χ2v) is 7.47. The van der Waals surface area contributed by atoms with Crippen molar-refractivity contribution in [1.82, 2.24) is 4.98 Å². The SMILES string of the molecule is CCc1c(-c2ccccc2)nc(N)c(C#N)c1-c1ccc(Br)s1. The Kier molecular flexibility index (Phi) is 4.46. The van der Waals surface area contributed by atoms with Crippen molar-refractivity contribution in [2.75, 3.05) is 5.73 Å². The van der Waals surface area contributed by atoms with Crippen LogP contribution in [0, 0.1) is 11.3 Å². The van der Waals surface area contributed by atoms with Crippen LogP contribution in [0.4, 0.5) is 5.82 Å². The normalized spacial score (nSPS) is 10.5. The molecule has 3 nitrogen and oxygen atoms in total. The number of benzene rings is 1. The van der Waals surface area contributed by atoms with Crippen molar-refractivity contribution >= 4 is 33.1 Å². The van der Waals surface area contributed by atoms with Crippen LogP contribution < -0.4 is 5.73 Å². The van der Waals surface area contributed by atoms with Gasteiger partial charge in [-0.1, -0.05) is 37.3 Å². The van der Waals surface area contributed by atoms with E-state index >= 15 is 0 Å². The fraction of sp³-hybridized carbons (Fsp3) is 0.111. The molecule has 0 unspecified atom stereocenters. The zero-order valence-corrected chi connectivity index (χ0v) is 14.9. The number of anilines is 1. The van der Waals surface area contributed by atoms with Crippen LogP contribution >= 0.6 is 27.3 Å². The van der Waals surface area contributed by atoms with Gasteiger partial charge in [-0.3, -0.25) is 0 Å². The minimum absolute atomic E-state index is 0.281. The van der Waals surface area contributed by atoms with E-state index in [0.29, 0.717) is 5.56 Å². The highest BCUT2D eigenvalue weighted by Gasteiger charge is 2.20. The van der Waals surface area contributed by atoms with Crippen molar-refractivity contribution in [3.63, 3.8) is 0 Å². The summed E-state index contributed by atoms with van der Waals surface area (Å²) in [6.45, 7) is 2.08. The Morgan fingerprint density at radius 1 is 1.22 bits per heavy atom. The van der Waals surface area contributed by atoms with Crippen molar-refractivity contribution in [3.05, 3.63) is 57.4 Å². The zero-order chi connectivity index (χ0) is 16.4. The summed E-state index contributed by atoms with van der Waals surface area (Å²) in [5.74, 6) is 0.281. The molecule has 2 aromatic heterocycles. The Morgan fingerprint density at radius 3 is 2.52 bits per heavy atom. The molecule has 23 heavy (non-hydrogen) atoms. The number of nitrogen functional groups attached to an aromatic ring is 1. The van der Waals surface area contributed by atoms with E-state index in [0.717, 1.165) is 37.5 Å². The number of halogens is 1. The predicted molar refractivity (Wildman–Crippen MR) is 99.2 cm³/mol. The highest BCUT2D eigenvalue weighted by Crippen LogP contribution is 2.40. The number of rotatable bonds is 3. The Morgan fingerprint density at radius 2 is 1.96 bits per heavy atom. The number of nitrogens with zero attached hydrogens (tertiary/aromatic N) is 2. The molecule has 0 spiro atoms. The van der Waals surface area contributed by atoms with Crippen LogP contribution in [0.25, 0.3) is 21.7 Å². The molecule has 3 aromatic rings. The minimum atomic E-state index is 0.281. The molecule has 114 valence electrons. The highest BCUT2D eigenvalue weighted by atomic mass is 79.9. The average Bonchev–Trinajstić information content (AvgIpc) is 3.00. The van der Waals surface area contributed by atoms with Gasteiger partial charge in [-0.15, -0.1) is 11.3 Å². The molecule has 0 aliphatic heterocycles. The molecule has 0 aliphatic rings. The van der Waals surface area contributed by atoms with E-state index in [4.69, 9.17) is 5.73 Å². The lowest BCUT2D eigenvalue weighted by atomic mass is 9.94. The Bertz CT molecular complexity index is 895. The number of aromatic nitrogens is 1. The third-order valence-corrected chi connectivity index (χ3v) is 5.30. The van der Waals surface area contributed by atoms with Crippen molar-refractivity contribution in [1.29, 1.82) is 5.26 Å². The van der Waals surface area contributed by atoms with Gasteiger partial charge in [0.05, 0.1) is 9.48 Å². The van der Waals surface area contributed by atoms with Gasteiger partial charge in [0.1, 0.15) is 17.5 Å². The summed E-state index contributed by atoms with van der Waals surface area (Å²) in [6, 6.07) is 16.2. The number of nitrogens with two attached hydrogens (primary N) is 1. The minimum Gasteiger partial charge on any atom is -0.383 e. The van der Waals surface area contributed by atoms with Gasteiger partial charge in [-0.2, -0.15) is 5.26 Å². The van der Waals surface area contributed by atoms with Crippen LogP contribution in [-0.4, -0.2) is 4.98 Å². The second-order valence-electron chi connectivity index (χ2n) is 5.01. The number of nitriles is 1. The molecule has 2 heterocycles. The summed E-state index contributed by atoms with van der Waals surface area (Å²) >= 11 is 5.09. The summed E-state index contributed by atoms with van der Waals surface area (Å²) in [4.78, 5) is 5.55. The molecule has 0 amide bonds. The van der Waals surface area contributed by atoms with Gasteiger partial charge in [0.25, 0.3) is 0 Å². The van der Waals surface area contributed by atoms with Crippen molar-refractivity contribution in [2.45, 2.75) is 13.3 Å². The van der Waals surface area contributed by atoms with Crippen molar-refractivity contribution in [2.24, 2.45) is 0 Å². The average molecular weight is 384 g/mol. The maximum absolute atomic E-state index is 9.57. The number of hydrogen-bond donors (Lipinski definition) is 1. The van der Waals surface area contributed by atoms with Crippen molar-refractivity contribution in [3.8, 4) is 27.8 Å². The molecule has 0 saturated carbocycles. The first kappa shape index (κ1) is 15.7. The van der Waals surface area contributed by atoms with Crippen LogP contribution in [0.1, 0.15) is 18.1 Å². The molecule has 0 saturated heterocycles. The Labute approximate surface area is 147 Å². The molecule has 0 atom stereocenters. The Balaban J connectivity index is 2.37. The van der Waals surface area contributed by atoms with Crippen LogP contribution in [-0.2, 0) is 6.42 Å². The van der Waals surface area contributed by atoms with Gasteiger partial charge in [-0.25, -0.2) is 4.98 Å². The first-order chi connectivity index (χ1) is 11.2. The second kappa shape index (κ2) is 6.53. The Hall–Kier alpha value is -2.16. The number of pyridine rings is 1. The smallest absolute Gasteiger partial charge is 0.142 e. The van der Waals surface area contributed by atoms with E-state index in [1.165, 1.54) is 0 Å². The fourth-order valence-electron chi connectivity index (χ4n) is 2.65. The third-order valence-electron chi connectivity index (χ3n) is 3.66. The standard InChI is InChI=1S/C18H14BrN3S/c1-2-12-16(14-8-9-15(19)23-14)13(10-20)18(21)22-17(12)11-6-4-3-5-7-11/h3-9H,2H2,1H3,(H2,21,22). The molecular weight excluding hydrogens is 370 g/mol. The van der Waals surface area contributed by atoms with E-state index in [1.807, 2.05) is 42.5 Å². The molecule has 1 aromatic carbocycles. The quantitative estimate of drug-likeness (QED) is 0.670. The van der Waals surface area contributed by atoms with E-state index in [2.05, 4.69) is 33.9 Å². The van der Waals surface area contributed by atoms with Crippen LogP contribution in [0.5, 0.6) is 0 Å². The molecule has 2 N–H and O–H groups in total. The highest BCUT2D eigenvalue weighted by molar-refractivity contribution is 9.11. The molecule has 5 heteroatoms. The summed E-state index contributed by atoms with van der Waals surface area (Å²) in [7, 11) is 0. The van der Waals surface area contributed by atoms with E-state index < -0.39 is 0 Å². The molecule has 0 aliphatic carbocycles. The van der Waals surface area contributed by atoms with Crippen molar-refractivity contribution < 1.29 is 0 Å². The van der Waals surface area contributed by atoms with Gasteiger partial charge in [0, 0.05) is 16.0 Å². The molecular formula is C18H14BrN3S. The lowest BCUT2D eigenvalue weighted by Crippen LogP contribution is -2.04. The summed E-state index contributed by atoms with van der Waals surface area (Å²) in [5, 5.41) is 9.57. The lowest BCUT2D eigenvalue weighted by Gasteiger charge is -2.15.